The summed E-state index contributed by atoms with van der Waals surface area (Å²) >= 11 is 0. The normalized spacial score (nSPS) is 12.9. The number of amides is 4. The predicted molar refractivity (Wildman–Crippen MR) is 132 cm³/mol. The molecule has 0 saturated heterocycles. The van der Waals surface area contributed by atoms with Crippen LogP contribution in [0.25, 0.3) is 0 Å². The van der Waals surface area contributed by atoms with Crippen molar-refractivity contribution in [1.82, 2.24) is 15.5 Å². The molecule has 1 rings (SSSR count). The standard InChI is InChI=1S/C25H38N4O6/c1-8-14-29(20(22(32)27-15(2)3)17-11-9-10-16(4)21(17)31)23(33)18(12-13-19(26)30)28-24(34)35-25(5,6)7/h8-11,15,18,20,31H,1,12-14H2,2-7H3,(H2,26,30)(H,27,32)(H,28,34). The van der Waals surface area contributed by atoms with Crippen molar-refractivity contribution in [1.29, 1.82) is 0 Å². The van der Waals surface area contributed by atoms with Crippen molar-refractivity contribution in [3.63, 3.8) is 0 Å². The monoisotopic (exact) mass is 490 g/mol. The second-order valence-electron chi connectivity index (χ2n) is 9.56. The van der Waals surface area contributed by atoms with Crippen LogP contribution in [0.2, 0.25) is 0 Å². The van der Waals surface area contributed by atoms with Crippen LogP contribution in [0.3, 0.4) is 0 Å². The molecule has 0 aliphatic rings. The van der Waals surface area contributed by atoms with Crippen LogP contribution in [0, 0.1) is 6.92 Å². The van der Waals surface area contributed by atoms with E-state index in [-0.39, 0.29) is 36.7 Å². The minimum atomic E-state index is -1.24. The zero-order valence-corrected chi connectivity index (χ0v) is 21.4. The number of primary amides is 1. The molecular formula is C25H38N4O6. The highest BCUT2D eigenvalue weighted by molar-refractivity contribution is 5.93. The molecule has 35 heavy (non-hydrogen) atoms. The molecule has 1 aromatic carbocycles. The average Bonchev–Trinajstić information content (AvgIpc) is 2.71. The minimum absolute atomic E-state index is 0.0779. The number of alkyl carbamates (subject to hydrolysis) is 1. The maximum absolute atomic E-state index is 13.7. The molecule has 0 bridgehead atoms. The van der Waals surface area contributed by atoms with E-state index in [4.69, 9.17) is 10.5 Å². The van der Waals surface area contributed by atoms with Crippen molar-refractivity contribution in [2.24, 2.45) is 5.73 Å². The highest BCUT2D eigenvalue weighted by Crippen LogP contribution is 2.32. The number of nitrogens with two attached hydrogens (primary N) is 1. The van der Waals surface area contributed by atoms with Crippen molar-refractivity contribution in [2.45, 2.75) is 78.1 Å². The van der Waals surface area contributed by atoms with Crippen LogP contribution in [0.5, 0.6) is 5.75 Å². The number of ether oxygens (including phenoxy) is 1. The van der Waals surface area contributed by atoms with Gasteiger partial charge in [0, 0.05) is 24.6 Å². The molecule has 194 valence electrons. The summed E-state index contributed by atoms with van der Waals surface area (Å²) in [6.45, 7) is 13.8. The molecule has 10 nitrogen and oxygen atoms in total. The van der Waals surface area contributed by atoms with E-state index in [0.29, 0.717) is 5.56 Å². The third-order valence-corrected chi connectivity index (χ3v) is 4.83. The summed E-state index contributed by atoms with van der Waals surface area (Å²) in [5.41, 5.74) is 5.19. The number of aromatic hydroxyl groups is 1. The molecule has 2 atom stereocenters. The fraction of sp³-hybridized carbons (Fsp3) is 0.520. The molecule has 0 aliphatic carbocycles. The van der Waals surface area contributed by atoms with Crippen LogP contribution >= 0.6 is 0 Å². The first kappa shape index (κ1) is 29.5. The Morgan fingerprint density at radius 2 is 1.83 bits per heavy atom. The van der Waals surface area contributed by atoms with E-state index in [2.05, 4.69) is 17.2 Å². The van der Waals surface area contributed by atoms with Crippen molar-refractivity contribution in [3.8, 4) is 5.75 Å². The summed E-state index contributed by atoms with van der Waals surface area (Å²) in [6.07, 6.45) is 0.269. The highest BCUT2D eigenvalue weighted by Gasteiger charge is 2.37. The van der Waals surface area contributed by atoms with Gasteiger partial charge in [0.05, 0.1) is 0 Å². The zero-order valence-electron chi connectivity index (χ0n) is 21.4. The molecule has 5 N–H and O–H groups in total. The summed E-state index contributed by atoms with van der Waals surface area (Å²) in [7, 11) is 0. The number of phenols is 1. The number of benzene rings is 1. The van der Waals surface area contributed by atoms with Gasteiger partial charge in [-0.25, -0.2) is 4.79 Å². The van der Waals surface area contributed by atoms with E-state index in [9.17, 15) is 24.3 Å². The van der Waals surface area contributed by atoms with Crippen LogP contribution < -0.4 is 16.4 Å². The van der Waals surface area contributed by atoms with Gasteiger partial charge >= 0.3 is 6.09 Å². The number of aryl methyl sites for hydroxylation is 1. The molecule has 0 radical (unpaired) electrons. The van der Waals surface area contributed by atoms with Crippen molar-refractivity contribution < 1.29 is 29.0 Å². The molecule has 4 amide bonds. The van der Waals surface area contributed by atoms with Crippen LogP contribution in [0.4, 0.5) is 4.79 Å². The van der Waals surface area contributed by atoms with Crippen LogP contribution in [-0.4, -0.2) is 58.1 Å². The van der Waals surface area contributed by atoms with Gasteiger partial charge in [-0.3, -0.25) is 14.4 Å². The molecule has 0 heterocycles. The smallest absolute Gasteiger partial charge is 0.408 e. The summed E-state index contributed by atoms with van der Waals surface area (Å²) in [5.74, 6) is -1.98. The van der Waals surface area contributed by atoms with E-state index in [0.717, 1.165) is 0 Å². The number of para-hydroxylation sites is 1. The summed E-state index contributed by atoms with van der Waals surface area (Å²) in [4.78, 5) is 52.1. The van der Waals surface area contributed by atoms with E-state index in [1.807, 2.05) is 0 Å². The maximum Gasteiger partial charge on any atom is 0.408 e. The van der Waals surface area contributed by atoms with E-state index in [1.165, 1.54) is 11.0 Å². The fourth-order valence-electron chi connectivity index (χ4n) is 3.37. The highest BCUT2D eigenvalue weighted by atomic mass is 16.6. The molecule has 0 spiro atoms. The molecule has 1 aromatic rings. The van der Waals surface area contributed by atoms with Crippen LogP contribution in [0.1, 0.15) is 64.6 Å². The van der Waals surface area contributed by atoms with Crippen molar-refractivity contribution >= 4 is 23.8 Å². The second kappa shape index (κ2) is 12.8. The number of nitrogens with zero attached hydrogens (tertiary/aromatic N) is 1. The van der Waals surface area contributed by atoms with Gasteiger partial charge in [0.1, 0.15) is 23.4 Å². The Hall–Kier alpha value is -3.56. The van der Waals surface area contributed by atoms with Gasteiger partial charge in [-0.1, -0.05) is 24.3 Å². The number of rotatable bonds is 11. The Labute approximate surface area is 206 Å². The number of carbonyl (C=O) groups is 4. The minimum Gasteiger partial charge on any atom is -0.507 e. The Morgan fingerprint density at radius 3 is 2.34 bits per heavy atom. The molecular weight excluding hydrogens is 452 g/mol. The Kier molecular flexibility index (Phi) is 10.8. The van der Waals surface area contributed by atoms with Gasteiger partial charge in [-0.05, 0) is 53.5 Å². The van der Waals surface area contributed by atoms with Gasteiger partial charge in [0.15, 0.2) is 0 Å². The summed E-state index contributed by atoms with van der Waals surface area (Å²) in [6, 6.07) is 2.19. The first-order chi connectivity index (χ1) is 16.2. The average molecular weight is 491 g/mol. The zero-order chi connectivity index (χ0) is 26.9. The third-order valence-electron chi connectivity index (χ3n) is 4.83. The number of hydrogen-bond donors (Lipinski definition) is 4. The van der Waals surface area contributed by atoms with Gasteiger partial charge in [0.2, 0.25) is 17.7 Å². The van der Waals surface area contributed by atoms with Crippen LogP contribution in [0.15, 0.2) is 30.9 Å². The molecule has 0 aliphatic heterocycles. The second-order valence-corrected chi connectivity index (χ2v) is 9.56. The Morgan fingerprint density at radius 1 is 1.20 bits per heavy atom. The lowest BCUT2D eigenvalue weighted by atomic mass is 9.98. The lowest BCUT2D eigenvalue weighted by Crippen LogP contribution is -2.53. The largest absolute Gasteiger partial charge is 0.507 e. The number of nitrogens with one attached hydrogen (secondary N) is 2. The molecule has 0 saturated carbocycles. The first-order valence-corrected chi connectivity index (χ1v) is 11.5. The van der Waals surface area contributed by atoms with Crippen molar-refractivity contribution in [3.05, 3.63) is 42.0 Å². The van der Waals surface area contributed by atoms with Gasteiger partial charge < -0.3 is 31.1 Å². The lowest BCUT2D eigenvalue weighted by Gasteiger charge is -2.34. The SMILES string of the molecule is C=CCN(C(=O)C(CCC(N)=O)NC(=O)OC(C)(C)C)C(C(=O)NC(C)C)c1cccc(C)c1O. The van der Waals surface area contributed by atoms with Crippen molar-refractivity contribution in [2.75, 3.05) is 6.54 Å². The van der Waals surface area contributed by atoms with E-state index >= 15 is 0 Å². The fourth-order valence-corrected chi connectivity index (χ4v) is 3.37. The Balaban J connectivity index is 3.52. The molecule has 0 fully saturated rings. The number of hydrogen-bond acceptors (Lipinski definition) is 6. The summed E-state index contributed by atoms with van der Waals surface area (Å²) in [5, 5.41) is 16.0. The maximum atomic E-state index is 13.7. The molecule has 2 unspecified atom stereocenters. The van der Waals surface area contributed by atoms with E-state index in [1.54, 1.807) is 59.7 Å². The topological polar surface area (TPSA) is 151 Å². The predicted octanol–water partition coefficient (Wildman–Crippen LogP) is 2.44. The number of carbonyl (C=O) groups excluding carboxylic acids is 4. The molecule has 10 heteroatoms. The number of phenolic OH excluding ortho intramolecular Hbond substituents is 1. The quantitative estimate of drug-likeness (QED) is 0.350. The van der Waals surface area contributed by atoms with Crippen LogP contribution in [-0.2, 0) is 19.1 Å². The van der Waals surface area contributed by atoms with Gasteiger partial charge in [0.25, 0.3) is 0 Å². The first-order valence-electron chi connectivity index (χ1n) is 11.5. The third kappa shape index (κ3) is 9.30. The van der Waals surface area contributed by atoms with E-state index < -0.39 is 41.5 Å². The Bertz CT molecular complexity index is 938. The lowest BCUT2D eigenvalue weighted by molar-refractivity contribution is -0.142. The molecule has 0 aromatic heterocycles. The van der Waals surface area contributed by atoms with Gasteiger partial charge in [-0.2, -0.15) is 0 Å². The summed E-state index contributed by atoms with van der Waals surface area (Å²) < 4.78 is 5.27. The van der Waals surface area contributed by atoms with Gasteiger partial charge in [-0.15, -0.1) is 6.58 Å².